The molecular weight excluding hydrogens is 304 g/mol. The zero-order valence-corrected chi connectivity index (χ0v) is 15.1. The van der Waals surface area contributed by atoms with Gasteiger partial charge in [-0.05, 0) is 50.1 Å². The highest BCUT2D eigenvalue weighted by Crippen LogP contribution is 2.22. The fraction of sp³-hybridized carbons (Fsp3) is 0.733. The Hall–Kier alpha value is -0.430. The Morgan fingerprint density at radius 2 is 1.95 bits per heavy atom. The zero-order valence-electron chi connectivity index (χ0n) is 13.5. The molecule has 6 heteroatoms. The van der Waals surface area contributed by atoms with E-state index in [4.69, 9.17) is 0 Å². The van der Waals surface area contributed by atoms with Crippen molar-refractivity contribution in [2.24, 2.45) is 5.92 Å². The van der Waals surface area contributed by atoms with E-state index < -0.39 is 10.0 Å². The van der Waals surface area contributed by atoms with Crippen LogP contribution in [0, 0.1) is 5.92 Å². The van der Waals surface area contributed by atoms with Crippen molar-refractivity contribution in [3.05, 3.63) is 16.3 Å². The molecule has 0 aromatic carbocycles. The Bertz CT molecular complexity index is 509. The Balaban J connectivity index is 2.67. The van der Waals surface area contributed by atoms with E-state index >= 15 is 0 Å². The molecule has 0 aliphatic heterocycles. The van der Waals surface area contributed by atoms with Crippen molar-refractivity contribution in [3.63, 3.8) is 0 Å². The molecule has 1 atom stereocenters. The maximum absolute atomic E-state index is 12.5. The second-order valence-corrected chi connectivity index (χ2v) is 8.56. The molecule has 1 aromatic rings. The van der Waals surface area contributed by atoms with Gasteiger partial charge in [0.05, 0.1) is 4.90 Å². The van der Waals surface area contributed by atoms with Crippen molar-refractivity contribution < 1.29 is 8.42 Å². The van der Waals surface area contributed by atoms with E-state index in [0.29, 0.717) is 17.4 Å². The van der Waals surface area contributed by atoms with Crippen LogP contribution in [0.5, 0.6) is 0 Å². The fourth-order valence-electron chi connectivity index (χ4n) is 2.05. The molecule has 1 heterocycles. The van der Waals surface area contributed by atoms with Crippen LogP contribution in [0.1, 0.15) is 51.8 Å². The molecule has 0 bridgehead atoms. The zero-order chi connectivity index (χ0) is 15.9. The third-order valence-corrected chi connectivity index (χ3v) is 5.96. The summed E-state index contributed by atoms with van der Waals surface area (Å²) in [5.41, 5.74) is 0. The second-order valence-electron chi connectivity index (χ2n) is 5.88. The number of nitrogens with one attached hydrogen (secondary N) is 2. The summed E-state index contributed by atoms with van der Waals surface area (Å²) in [6.07, 6.45) is 2.93. The van der Waals surface area contributed by atoms with Gasteiger partial charge >= 0.3 is 0 Å². The van der Waals surface area contributed by atoms with Gasteiger partial charge < -0.3 is 5.32 Å². The van der Waals surface area contributed by atoms with Crippen molar-refractivity contribution in [1.29, 1.82) is 0 Å². The first-order valence-corrected chi connectivity index (χ1v) is 10.0. The maximum Gasteiger partial charge on any atom is 0.241 e. The average molecular weight is 333 g/mol. The van der Waals surface area contributed by atoms with Crippen LogP contribution in [0.3, 0.4) is 0 Å². The lowest BCUT2D eigenvalue weighted by atomic mass is 10.1. The van der Waals surface area contributed by atoms with Crippen LogP contribution in [0.25, 0.3) is 0 Å². The van der Waals surface area contributed by atoms with Crippen LogP contribution in [-0.4, -0.2) is 21.0 Å². The van der Waals surface area contributed by atoms with Crippen molar-refractivity contribution in [3.8, 4) is 0 Å². The molecule has 21 heavy (non-hydrogen) atoms. The molecule has 0 amide bonds. The summed E-state index contributed by atoms with van der Waals surface area (Å²) in [4.78, 5) is 1.31. The van der Waals surface area contributed by atoms with Gasteiger partial charge in [0.1, 0.15) is 0 Å². The van der Waals surface area contributed by atoms with E-state index in [1.54, 1.807) is 6.07 Å². The Labute approximate surface area is 133 Å². The predicted octanol–water partition coefficient (Wildman–Crippen LogP) is 3.35. The van der Waals surface area contributed by atoms with E-state index in [0.717, 1.165) is 30.7 Å². The smallest absolute Gasteiger partial charge is 0.241 e. The van der Waals surface area contributed by atoms with Crippen molar-refractivity contribution in [1.82, 2.24) is 10.0 Å². The van der Waals surface area contributed by atoms with E-state index in [1.165, 1.54) is 11.3 Å². The number of hydrogen-bond donors (Lipinski definition) is 2. The van der Waals surface area contributed by atoms with E-state index in [2.05, 4.69) is 30.8 Å². The van der Waals surface area contributed by atoms with Gasteiger partial charge in [-0.15, -0.1) is 11.3 Å². The molecule has 0 saturated carbocycles. The molecule has 122 valence electrons. The summed E-state index contributed by atoms with van der Waals surface area (Å²) < 4.78 is 27.7. The highest BCUT2D eigenvalue weighted by molar-refractivity contribution is 7.89. The standard InChI is InChI=1S/C15H28N2O2S2/c1-5-9-16-11-14-15(8-10-20-14)21(18,19)17-13(4)7-6-12(2)3/h8,10,12-13,16-17H,5-7,9,11H2,1-4H3. The normalized spacial score (nSPS) is 13.8. The summed E-state index contributed by atoms with van der Waals surface area (Å²) >= 11 is 1.49. The average Bonchev–Trinajstić information content (AvgIpc) is 2.85. The first-order valence-electron chi connectivity index (χ1n) is 7.66. The van der Waals surface area contributed by atoms with Gasteiger partial charge in [0, 0.05) is 17.5 Å². The van der Waals surface area contributed by atoms with Gasteiger partial charge in [-0.2, -0.15) is 0 Å². The Morgan fingerprint density at radius 3 is 2.57 bits per heavy atom. The Morgan fingerprint density at radius 1 is 1.24 bits per heavy atom. The van der Waals surface area contributed by atoms with Crippen molar-refractivity contribution >= 4 is 21.4 Å². The van der Waals surface area contributed by atoms with Gasteiger partial charge in [0.25, 0.3) is 0 Å². The van der Waals surface area contributed by atoms with Crippen LogP contribution >= 0.6 is 11.3 Å². The highest BCUT2D eigenvalue weighted by atomic mass is 32.2. The molecular formula is C15H28N2O2S2. The maximum atomic E-state index is 12.5. The molecule has 0 saturated heterocycles. The minimum Gasteiger partial charge on any atom is -0.312 e. The predicted molar refractivity (Wildman–Crippen MR) is 90.2 cm³/mol. The van der Waals surface area contributed by atoms with Crippen LogP contribution in [0.2, 0.25) is 0 Å². The topological polar surface area (TPSA) is 58.2 Å². The second kappa shape index (κ2) is 8.88. The lowest BCUT2D eigenvalue weighted by Crippen LogP contribution is -2.33. The highest BCUT2D eigenvalue weighted by Gasteiger charge is 2.21. The summed E-state index contributed by atoms with van der Waals surface area (Å²) in [7, 11) is -3.41. The number of rotatable bonds is 10. The van der Waals surface area contributed by atoms with Crippen LogP contribution in [0.4, 0.5) is 0 Å². The summed E-state index contributed by atoms with van der Waals surface area (Å²) in [6, 6.07) is 1.67. The molecule has 1 aromatic heterocycles. The van der Waals surface area contributed by atoms with E-state index in [-0.39, 0.29) is 6.04 Å². The fourth-order valence-corrected chi connectivity index (χ4v) is 4.74. The van der Waals surface area contributed by atoms with Crippen LogP contribution < -0.4 is 10.0 Å². The summed E-state index contributed by atoms with van der Waals surface area (Å²) in [5.74, 6) is 0.590. The van der Waals surface area contributed by atoms with Crippen LogP contribution in [-0.2, 0) is 16.6 Å². The Kier molecular flexibility index (Phi) is 7.87. The largest absolute Gasteiger partial charge is 0.312 e. The lowest BCUT2D eigenvalue weighted by Gasteiger charge is -2.15. The quantitative estimate of drug-likeness (QED) is 0.646. The number of thiophene rings is 1. The van der Waals surface area contributed by atoms with Crippen molar-refractivity contribution in [2.75, 3.05) is 6.54 Å². The number of hydrogen-bond acceptors (Lipinski definition) is 4. The first kappa shape index (κ1) is 18.6. The molecule has 0 fully saturated rings. The van der Waals surface area contributed by atoms with Gasteiger partial charge in [-0.3, -0.25) is 0 Å². The molecule has 2 N–H and O–H groups in total. The minimum atomic E-state index is -3.41. The monoisotopic (exact) mass is 332 g/mol. The molecule has 4 nitrogen and oxygen atoms in total. The van der Waals surface area contributed by atoms with Crippen LogP contribution in [0.15, 0.2) is 16.3 Å². The molecule has 0 radical (unpaired) electrons. The van der Waals surface area contributed by atoms with Gasteiger partial charge in [-0.1, -0.05) is 20.8 Å². The molecule has 0 aliphatic carbocycles. The van der Waals surface area contributed by atoms with Gasteiger partial charge in [-0.25, -0.2) is 13.1 Å². The van der Waals surface area contributed by atoms with Crippen molar-refractivity contribution in [2.45, 2.75) is 64.4 Å². The SMILES string of the molecule is CCCNCc1sccc1S(=O)(=O)NC(C)CCC(C)C. The molecule has 1 unspecified atom stereocenters. The van der Waals surface area contributed by atoms with E-state index in [9.17, 15) is 8.42 Å². The van der Waals surface area contributed by atoms with E-state index in [1.807, 2.05) is 12.3 Å². The molecule has 0 aliphatic rings. The van der Waals surface area contributed by atoms with Gasteiger partial charge in [0.2, 0.25) is 10.0 Å². The minimum absolute atomic E-state index is 0.0336. The molecule has 0 spiro atoms. The summed E-state index contributed by atoms with van der Waals surface area (Å²) in [5, 5.41) is 5.11. The first-order chi connectivity index (χ1) is 9.86. The molecule has 1 rings (SSSR count). The lowest BCUT2D eigenvalue weighted by molar-refractivity contribution is 0.485. The summed E-state index contributed by atoms with van der Waals surface area (Å²) in [6.45, 7) is 9.84. The third-order valence-electron chi connectivity index (χ3n) is 3.24. The third kappa shape index (κ3) is 6.46. The van der Waals surface area contributed by atoms with Gasteiger partial charge in [0.15, 0.2) is 0 Å². The number of sulfonamides is 1.